The predicted octanol–water partition coefficient (Wildman–Crippen LogP) is 2.90. The third kappa shape index (κ3) is 10.3. The predicted molar refractivity (Wildman–Crippen MR) is 161 cm³/mol. The Kier molecular flexibility index (Phi) is 12.2. The highest BCUT2D eigenvalue weighted by molar-refractivity contribution is 7.14. The molecular weight excluding hydrogens is 590 g/mol. The molecule has 3 aromatic rings. The van der Waals surface area contributed by atoms with Crippen LogP contribution in [0.1, 0.15) is 37.7 Å². The Labute approximate surface area is 256 Å². The van der Waals surface area contributed by atoms with Crippen LogP contribution in [0.4, 0.5) is 0 Å². The minimum atomic E-state index is -1.44. The molecule has 0 bridgehead atoms. The molecule has 3 atom stereocenters. The summed E-state index contributed by atoms with van der Waals surface area (Å²) in [6.45, 7) is 0. The van der Waals surface area contributed by atoms with E-state index in [-0.39, 0.29) is 19.3 Å². The quantitative estimate of drug-likeness (QED) is 0.130. The standard InChI is InChI=1S/C31H33N3O9S/c32-29(41)23(10-12-26(35)36)33-31(43)24(11-13-27(37)38)34-30(42)21(16-28(39)40)14-18-6-8-20(9-7-18)25-15-22(17-44-25)19-4-2-1-3-5-19/h1-9,15,17,21,23-24H,10-14,16H2,(H2,32,41)(H,33,43)(H,34,42)(H,35,36)(H,37,38)(H,39,40)/t21?,23?,24-/m0/s1. The van der Waals surface area contributed by atoms with Crippen LogP contribution in [0.2, 0.25) is 0 Å². The van der Waals surface area contributed by atoms with Gasteiger partial charge in [-0.05, 0) is 53.0 Å². The van der Waals surface area contributed by atoms with Crippen LogP contribution in [0.25, 0.3) is 21.6 Å². The van der Waals surface area contributed by atoms with Crippen LogP contribution >= 0.6 is 11.3 Å². The van der Waals surface area contributed by atoms with E-state index in [0.717, 1.165) is 21.6 Å². The van der Waals surface area contributed by atoms with E-state index < -0.39 is 72.9 Å². The van der Waals surface area contributed by atoms with Gasteiger partial charge >= 0.3 is 17.9 Å². The molecule has 7 N–H and O–H groups in total. The van der Waals surface area contributed by atoms with Gasteiger partial charge in [-0.1, -0.05) is 54.6 Å². The molecular formula is C31H33N3O9S. The van der Waals surface area contributed by atoms with Crippen LogP contribution in [0.15, 0.2) is 66.0 Å². The van der Waals surface area contributed by atoms with Crippen molar-refractivity contribution in [2.24, 2.45) is 11.7 Å². The van der Waals surface area contributed by atoms with Gasteiger partial charge in [0.2, 0.25) is 17.7 Å². The number of hydrogen-bond donors (Lipinski definition) is 6. The molecule has 232 valence electrons. The molecule has 0 aliphatic carbocycles. The minimum Gasteiger partial charge on any atom is -0.481 e. The number of rotatable bonds is 17. The maximum absolute atomic E-state index is 13.2. The first-order valence-electron chi connectivity index (χ1n) is 13.7. The zero-order chi connectivity index (χ0) is 32.2. The van der Waals surface area contributed by atoms with Crippen molar-refractivity contribution in [3.8, 4) is 21.6 Å². The first-order valence-corrected chi connectivity index (χ1v) is 14.6. The molecule has 3 amide bonds. The molecule has 0 aliphatic heterocycles. The lowest BCUT2D eigenvalue weighted by Gasteiger charge is -2.23. The van der Waals surface area contributed by atoms with Gasteiger partial charge in [0, 0.05) is 17.7 Å². The summed E-state index contributed by atoms with van der Waals surface area (Å²) in [7, 11) is 0. The van der Waals surface area contributed by atoms with Gasteiger partial charge in [-0.3, -0.25) is 28.8 Å². The van der Waals surface area contributed by atoms with Gasteiger partial charge in [-0.25, -0.2) is 0 Å². The van der Waals surface area contributed by atoms with E-state index in [4.69, 9.17) is 15.9 Å². The number of carboxylic acid groups (broad SMARTS) is 3. The Bertz CT molecular complexity index is 1490. The molecule has 12 nitrogen and oxygen atoms in total. The van der Waals surface area contributed by atoms with Gasteiger partial charge in [-0.2, -0.15) is 0 Å². The normalized spacial score (nSPS) is 12.8. The number of carboxylic acids is 3. The third-order valence-electron chi connectivity index (χ3n) is 6.81. The van der Waals surface area contributed by atoms with Gasteiger partial charge in [0.25, 0.3) is 0 Å². The number of hydrogen-bond acceptors (Lipinski definition) is 7. The molecule has 2 unspecified atom stereocenters. The molecule has 1 aromatic heterocycles. The van der Waals surface area contributed by atoms with Crippen molar-refractivity contribution in [2.75, 3.05) is 0 Å². The Hall–Kier alpha value is -5.04. The van der Waals surface area contributed by atoms with Crippen molar-refractivity contribution >= 4 is 47.0 Å². The van der Waals surface area contributed by atoms with E-state index in [1.54, 1.807) is 23.5 Å². The van der Waals surface area contributed by atoms with Gasteiger partial charge in [0.15, 0.2) is 0 Å². The highest BCUT2D eigenvalue weighted by Gasteiger charge is 2.30. The monoisotopic (exact) mass is 623 g/mol. The summed E-state index contributed by atoms with van der Waals surface area (Å²) in [4.78, 5) is 72.6. The number of aliphatic carboxylic acids is 3. The molecule has 2 aromatic carbocycles. The molecule has 13 heteroatoms. The van der Waals surface area contributed by atoms with Gasteiger partial charge in [0.05, 0.1) is 12.3 Å². The van der Waals surface area contributed by atoms with E-state index in [0.29, 0.717) is 5.56 Å². The van der Waals surface area contributed by atoms with Gasteiger partial charge in [-0.15, -0.1) is 11.3 Å². The number of benzene rings is 2. The van der Waals surface area contributed by atoms with Crippen LogP contribution in [0.5, 0.6) is 0 Å². The number of amides is 3. The van der Waals surface area contributed by atoms with E-state index in [1.165, 1.54) is 0 Å². The zero-order valence-corrected chi connectivity index (χ0v) is 24.4. The summed E-state index contributed by atoms with van der Waals surface area (Å²) < 4.78 is 0. The number of carbonyl (C=O) groups is 6. The molecule has 1 heterocycles. The van der Waals surface area contributed by atoms with Crippen LogP contribution in [-0.2, 0) is 35.2 Å². The number of primary amides is 1. The fourth-order valence-corrected chi connectivity index (χ4v) is 5.40. The number of nitrogens with two attached hydrogens (primary N) is 1. The lowest BCUT2D eigenvalue weighted by Crippen LogP contribution is -2.54. The van der Waals surface area contributed by atoms with Crippen molar-refractivity contribution in [2.45, 2.75) is 50.6 Å². The first kappa shape index (κ1) is 33.5. The number of thiophene rings is 1. The average molecular weight is 624 g/mol. The molecule has 0 radical (unpaired) electrons. The molecule has 44 heavy (non-hydrogen) atoms. The molecule has 0 spiro atoms. The first-order chi connectivity index (χ1) is 20.9. The van der Waals surface area contributed by atoms with E-state index in [2.05, 4.69) is 22.1 Å². The maximum Gasteiger partial charge on any atom is 0.304 e. The summed E-state index contributed by atoms with van der Waals surface area (Å²) in [6.07, 6.45) is -2.21. The molecule has 0 fully saturated rings. The molecule has 3 rings (SSSR count). The highest BCUT2D eigenvalue weighted by Crippen LogP contribution is 2.33. The minimum absolute atomic E-state index is 0.0217. The smallest absolute Gasteiger partial charge is 0.304 e. The summed E-state index contributed by atoms with van der Waals surface area (Å²) in [5.41, 5.74) is 9.05. The van der Waals surface area contributed by atoms with Gasteiger partial charge in [0.1, 0.15) is 12.1 Å². The van der Waals surface area contributed by atoms with E-state index in [9.17, 15) is 33.9 Å². The van der Waals surface area contributed by atoms with Crippen molar-refractivity contribution in [3.63, 3.8) is 0 Å². The molecule has 0 saturated heterocycles. The van der Waals surface area contributed by atoms with Crippen molar-refractivity contribution in [3.05, 3.63) is 71.6 Å². The second-order valence-electron chi connectivity index (χ2n) is 10.2. The Morgan fingerprint density at radius 1 is 0.705 bits per heavy atom. The summed E-state index contributed by atoms with van der Waals surface area (Å²) in [5, 5.41) is 34.2. The number of carbonyl (C=O) groups excluding carboxylic acids is 3. The second-order valence-corrected chi connectivity index (χ2v) is 11.1. The number of nitrogens with one attached hydrogen (secondary N) is 2. The Morgan fingerprint density at radius 3 is 1.86 bits per heavy atom. The SMILES string of the molecule is NC(=O)C(CCC(=O)O)NC(=O)[C@H](CCC(=O)O)NC(=O)C(CC(=O)O)Cc1ccc(-c2cc(-c3ccccc3)cs2)cc1. The summed E-state index contributed by atoms with van der Waals surface area (Å²) >= 11 is 1.58. The fraction of sp³-hybridized carbons (Fsp3) is 0.290. The largest absolute Gasteiger partial charge is 0.481 e. The summed E-state index contributed by atoms with van der Waals surface area (Å²) in [6, 6.07) is 16.5. The van der Waals surface area contributed by atoms with Crippen LogP contribution in [0.3, 0.4) is 0 Å². The Balaban J connectivity index is 1.73. The lowest BCUT2D eigenvalue weighted by atomic mass is 9.94. The van der Waals surface area contributed by atoms with E-state index in [1.807, 2.05) is 42.5 Å². The van der Waals surface area contributed by atoms with Crippen molar-refractivity contribution in [1.82, 2.24) is 10.6 Å². The molecule has 0 saturated carbocycles. The fourth-order valence-electron chi connectivity index (χ4n) is 4.48. The topological polar surface area (TPSA) is 213 Å². The zero-order valence-electron chi connectivity index (χ0n) is 23.6. The maximum atomic E-state index is 13.2. The van der Waals surface area contributed by atoms with Crippen molar-refractivity contribution < 1.29 is 44.1 Å². The third-order valence-corrected chi connectivity index (χ3v) is 7.78. The van der Waals surface area contributed by atoms with Crippen LogP contribution in [-0.4, -0.2) is 63.0 Å². The van der Waals surface area contributed by atoms with E-state index >= 15 is 0 Å². The second kappa shape index (κ2) is 16.0. The van der Waals surface area contributed by atoms with Crippen molar-refractivity contribution in [1.29, 1.82) is 0 Å². The summed E-state index contributed by atoms with van der Waals surface area (Å²) in [5.74, 6) is -7.58. The Morgan fingerprint density at radius 2 is 1.30 bits per heavy atom. The molecule has 0 aliphatic rings. The van der Waals surface area contributed by atoms with Gasteiger partial charge < -0.3 is 31.7 Å². The average Bonchev–Trinajstić information content (AvgIpc) is 3.47. The lowest BCUT2D eigenvalue weighted by molar-refractivity contribution is -0.142. The highest BCUT2D eigenvalue weighted by atomic mass is 32.1. The van der Waals surface area contributed by atoms with Crippen LogP contribution < -0.4 is 16.4 Å². The van der Waals surface area contributed by atoms with Crippen LogP contribution in [0, 0.1) is 5.92 Å².